The van der Waals surface area contributed by atoms with Crippen molar-refractivity contribution >= 4 is 7.12 Å². The van der Waals surface area contributed by atoms with Crippen molar-refractivity contribution < 1.29 is 18.5 Å². The average molecular weight is 501 g/mol. The molecule has 0 amide bonds. The van der Waals surface area contributed by atoms with E-state index >= 15 is 0 Å². The van der Waals surface area contributed by atoms with Crippen molar-refractivity contribution in [2.75, 3.05) is 7.11 Å². The molecule has 2 atom stereocenters. The highest BCUT2D eigenvalue weighted by molar-refractivity contribution is 6.51. The first-order chi connectivity index (χ1) is 17.6. The molecule has 37 heavy (non-hydrogen) atoms. The van der Waals surface area contributed by atoms with Gasteiger partial charge in [-0.1, -0.05) is 61.4 Å². The molecular formula is C31H40BNO4. The third-order valence-electron chi connectivity index (χ3n) is 7.86. The van der Waals surface area contributed by atoms with E-state index in [0.29, 0.717) is 6.54 Å². The van der Waals surface area contributed by atoms with E-state index in [1.54, 1.807) is 13.4 Å². The summed E-state index contributed by atoms with van der Waals surface area (Å²) in [6.07, 6.45) is 5.85. The third kappa shape index (κ3) is 6.56. The fraction of sp³-hybridized carbons (Fsp3) is 0.419. The zero-order valence-corrected chi connectivity index (χ0v) is 23.0. The summed E-state index contributed by atoms with van der Waals surface area (Å²) < 4.78 is 23.9. The lowest BCUT2D eigenvalue weighted by Gasteiger charge is -2.35. The molecule has 196 valence electrons. The van der Waals surface area contributed by atoms with Gasteiger partial charge in [-0.2, -0.15) is 0 Å². The van der Waals surface area contributed by atoms with Crippen LogP contribution in [0.3, 0.4) is 0 Å². The highest BCUT2D eigenvalue weighted by atomic mass is 16.7. The maximum atomic E-state index is 6.28. The molecule has 0 spiro atoms. The Morgan fingerprint density at radius 2 is 1.59 bits per heavy atom. The van der Waals surface area contributed by atoms with E-state index < -0.39 is 7.12 Å². The molecule has 0 aliphatic carbocycles. The van der Waals surface area contributed by atoms with Crippen LogP contribution in [-0.2, 0) is 22.3 Å². The van der Waals surface area contributed by atoms with Crippen LogP contribution in [-0.4, -0.2) is 25.4 Å². The maximum absolute atomic E-state index is 6.28. The molecule has 5 nitrogen and oxygen atoms in total. The molecule has 4 rings (SSSR count). The van der Waals surface area contributed by atoms with Gasteiger partial charge >= 0.3 is 7.12 Å². The van der Waals surface area contributed by atoms with Crippen LogP contribution >= 0.6 is 0 Å². The van der Waals surface area contributed by atoms with Crippen molar-refractivity contribution in [3.63, 3.8) is 0 Å². The summed E-state index contributed by atoms with van der Waals surface area (Å²) in [7, 11) is 1.28. The first kappa shape index (κ1) is 27.2. The molecule has 0 unspecified atom stereocenters. The van der Waals surface area contributed by atoms with E-state index in [4.69, 9.17) is 18.5 Å². The van der Waals surface area contributed by atoms with Crippen LogP contribution in [0.25, 0.3) is 0 Å². The summed E-state index contributed by atoms with van der Waals surface area (Å²) in [6, 6.07) is 22.7. The smallest absolute Gasteiger partial charge is 0.486 e. The van der Waals surface area contributed by atoms with Gasteiger partial charge in [-0.15, -0.1) is 0 Å². The summed E-state index contributed by atoms with van der Waals surface area (Å²) in [5.74, 6) is 3.83. The van der Waals surface area contributed by atoms with Gasteiger partial charge in [0.2, 0.25) is 0 Å². The Hall–Kier alpha value is -2.80. The standard InChI is InChI=1S/C31H40BNO4/c1-29(2)30(3,4)37-32(36-29)21-20-31(5,19-18-24-11-8-7-9-12-24)28(27-13-10-22-35-27)33-23-25-14-16-26(34-6)17-15-25/h7-17,20-22,28,33H,18-19,23H2,1-6H3/b21-20+/t28-,31-/m0/s1. The molecule has 6 heteroatoms. The van der Waals surface area contributed by atoms with Gasteiger partial charge in [-0.25, -0.2) is 0 Å². The summed E-state index contributed by atoms with van der Waals surface area (Å²) in [4.78, 5) is 0. The molecule has 2 aromatic carbocycles. The van der Waals surface area contributed by atoms with Crippen LogP contribution in [0.2, 0.25) is 0 Å². The second-order valence-corrected chi connectivity index (χ2v) is 11.2. The number of furan rings is 1. The zero-order valence-electron chi connectivity index (χ0n) is 23.0. The van der Waals surface area contributed by atoms with Gasteiger partial charge in [0.05, 0.1) is 30.6 Å². The molecule has 0 saturated carbocycles. The fourth-order valence-corrected chi connectivity index (χ4v) is 4.73. The Kier molecular flexibility index (Phi) is 8.32. The molecule has 1 aromatic heterocycles. The fourth-order valence-electron chi connectivity index (χ4n) is 4.73. The molecule has 1 N–H and O–H groups in total. The Morgan fingerprint density at radius 1 is 0.919 bits per heavy atom. The van der Waals surface area contributed by atoms with Crippen molar-refractivity contribution in [1.29, 1.82) is 0 Å². The van der Waals surface area contributed by atoms with Gasteiger partial charge in [0.25, 0.3) is 0 Å². The number of rotatable bonds is 11. The maximum Gasteiger partial charge on any atom is 0.486 e. The Labute approximate surface area is 222 Å². The van der Waals surface area contributed by atoms with E-state index in [-0.39, 0.29) is 22.7 Å². The SMILES string of the molecule is COc1ccc(CN[C@@H](c2ccco2)[C@](C)(/C=C/B2OC(C)(C)C(C)(C)O2)CCc2ccccc2)cc1. The van der Waals surface area contributed by atoms with Crippen molar-refractivity contribution in [3.05, 3.63) is 102 Å². The van der Waals surface area contributed by atoms with Gasteiger partial charge < -0.3 is 23.8 Å². The van der Waals surface area contributed by atoms with Crippen molar-refractivity contribution in [1.82, 2.24) is 5.32 Å². The predicted octanol–water partition coefficient (Wildman–Crippen LogP) is 6.95. The lowest BCUT2D eigenvalue weighted by molar-refractivity contribution is 0.00578. The largest absolute Gasteiger partial charge is 0.497 e. The Morgan fingerprint density at radius 3 is 2.19 bits per heavy atom. The van der Waals surface area contributed by atoms with Crippen molar-refractivity contribution in [2.45, 2.75) is 71.2 Å². The van der Waals surface area contributed by atoms with Crippen LogP contribution in [0, 0.1) is 5.41 Å². The summed E-state index contributed by atoms with van der Waals surface area (Å²) in [6.45, 7) is 11.3. The molecule has 2 heterocycles. The topological polar surface area (TPSA) is 52.9 Å². The predicted molar refractivity (Wildman–Crippen MR) is 149 cm³/mol. The number of benzene rings is 2. The molecular weight excluding hydrogens is 461 g/mol. The van der Waals surface area contributed by atoms with Gasteiger partial charge in [0.15, 0.2) is 0 Å². The number of nitrogens with one attached hydrogen (secondary N) is 1. The molecule has 1 fully saturated rings. The van der Waals surface area contributed by atoms with Gasteiger partial charge in [0.1, 0.15) is 11.5 Å². The van der Waals surface area contributed by atoms with Crippen LogP contribution in [0.4, 0.5) is 0 Å². The van der Waals surface area contributed by atoms with E-state index in [1.165, 1.54) is 11.1 Å². The minimum Gasteiger partial charge on any atom is -0.497 e. The number of aryl methyl sites for hydroxylation is 1. The number of hydrogen-bond donors (Lipinski definition) is 1. The van der Waals surface area contributed by atoms with Crippen LogP contribution in [0.1, 0.15) is 64.0 Å². The average Bonchev–Trinajstić information content (AvgIpc) is 3.48. The summed E-state index contributed by atoms with van der Waals surface area (Å²) in [5, 5.41) is 3.79. The molecule has 1 aliphatic rings. The van der Waals surface area contributed by atoms with Gasteiger partial charge in [-0.3, -0.25) is 0 Å². The normalized spacial score (nSPS) is 19.1. The lowest BCUT2D eigenvalue weighted by Crippen LogP contribution is -2.41. The quantitative estimate of drug-likeness (QED) is 0.288. The van der Waals surface area contributed by atoms with E-state index in [1.807, 2.05) is 18.2 Å². The Bertz CT molecular complexity index is 1130. The number of ether oxygens (including phenoxy) is 1. The second kappa shape index (κ2) is 11.3. The van der Waals surface area contributed by atoms with E-state index in [2.05, 4.69) is 101 Å². The molecule has 0 bridgehead atoms. The number of hydrogen-bond acceptors (Lipinski definition) is 5. The van der Waals surface area contributed by atoms with Crippen LogP contribution in [0.5, 0.6) is 5.75 Å². The molecule has 1 aliphatic heterocycles. The van der Waals surface area contributed by atoms with Crippen LogP contribution < -0.4 is 10.1 Å². The summed E-state index contributed by atoms with van der Waals surface area (Å²) in [5.41, 5.74) is 1.44. The Balaban J connectivity index is 1.61. The second-order valence-electron chi connectivity index (χ2n) is 11.2. The first-order valence-corrected chi connectivity index (χ1v) is 13.1. The van der Waals surface area contributed by atoms with Gasteiger partial charge in [0, 0.05) is 12.0 Å². The minimum atomic E-state index is -0.403. The molecule has 3 aromatic rings. The highest BCUT2D eigenvalue weighted by Crippen LogP contribution is 2.42. The minimum absolute atomic E-state index is 0.0630. The third-order valence-corrected chi connectivity index (χ3v) is 7.86. The monoisotopic (exact) mass is 501 g/mol. The van der Waals surface area contributed by atoms with Crippen LogP contribution in [0.15, 0.2) is 89.5 Å². The lowest BCUT2D eigenvalue weighted by atomic mass is 9.73. The van der Waals surface area contributed by atoms with Crippen molar-refractivity contribution in [3.8, 4) is 5.75 Å². The highest BCUT2D eigenvalue weighted by Gasteiger charge is 2.50. The summed E-state index contributed by atoms with van der Waals surface area (Å²) >= 11 is 0. The van der Waals surface area contributed by atoms with Gasteiger partial charge in [-0.05, 0) is 75.9 Å². The zero-order chi connectivity index (χ0) is 26.5. The molecule has 0 radical (unpaired) electrons. The van der Waals surface area contributed by atoms with Crippen molar-refractivity contribution in [2.24, 2.45) is 5.41 Å². The first-order valence-electron chi connectivity index (χ1n) is 13.1. The number of methoxy groups -OCH3 is 1. The van der Waals surface area contributed by atoms with E-state index in [0.717, 1.165) is 24.4 Å². The van der Waals surface area contributed by atoms with E-state index in [9.17, 15) is 0 Å². The molecule has 1 saturated heterocycles.